The largest absolute Gasteiger partial charge is 0.545 e. The third-order valence-corrected chi connectivity index (χ3v) is 1.66. The van der Waals surface area contributed by atoms with E-state index in [-0.39, 0.29) is 5.56 Å². The number of pyridine rings is 1. The number of thiocyanates is 1. The number of hydrogen-bond donors (Lipinski definition) is 0. The first-order valence-electron chi connectivity index (χ1n) is 2.97. The molecular weight excluding hydrogens is 176 g/mol. The Morgan fingerprint density at radius 3 is 2.83 bits per heavy atom. The summed E-state index contributed by atoms with van der Waals surface area (Å²) in [6.07, 6.45) is 1.16. The smallest absolute Gasteiger partial charge is 0.140 e. The highest BCUT2D eigenvalue weighted by atomic mass is 32.2. The van der Waals surface area contributed by atoms with Gasteiger partial charge in [0.15, 0.2) is 0 Å². The maximum Gasteiger partial charge on any atom is 0.140 e. The standard InChI is InChI=1S/C7H4N2O2S/c8-4-12-6-2-1-5(3-9-6)7(10)11/h1-3H,(H,10,11)/p-1. The Labute approximate surface area is 72.9 Å². The minimum absolute atomic E-state index is 0.0114. The zero-order chi connectivity index (χ0) is 8.97. The molecule has 0 aliphatic heterocycles. The molecule has 0 saturated heterocycles. The molecule has 0 radical (unpaired) electrons. The SMILES string of the molecule is N#CSc1ccc(C(=O)[O-])cn1. The summed E-state index contributed by atoms with van der Waals surface area (Å²) >= 11 is 0.877. The molecule has 1 rings (SSSR count). The van der Waals surface area contributed by atoms with Gasteiger partial charge in [0, 0.05) is 23.5 Å². The molecule has 0 amide bonds. The van der Waals surface area contributed by atoms with Crippen molar-refractivity contribution in [3.63, 3.8) is 0 Å². The van der Waals surface area contributed by atoms with E-state index >= 15 is 0 Å². The summed E-state index contributed by atoms with van der Waals surface area (Å²) in [6.45, 7) is 0. The van der Waals surface area contributed by atoms with Crippen molar-refractivity contribution in [2.24, 2.45) is 0 Å². The van der Waals surface area contributed by atoms with E-state index in [1.807, 2.05) is 5.40 Å². The molecule has 0 saturated carbocycles. The number of rotatable bonds is 2. The van der Waals surface area contributed by atoms with Crippen LogP contribution in [0.3, 0.4) is 0 Å². The molecule has 0 atom stereocenters. The quantitative estimate of drug-likeness (QED) is 0.472. The van der Waals surface area contributed by atoms with Crippen molar-refractivity contribution in [3.05, 3.63) is 23.9 Å². The molecular formula is C7H3N2O2S-. The summed E-state index contributed by atoms with van der Waals surface area (Å²) in [5, 5.41) is 20.8. The van der Waals surface area contributed by atoms with Gasteiger partial charge in [-0.3, -0.25) is 0 Å². The average Bonchev–Trinajstić information content (AvgIpc) is 2.06. The molecule has 0 aromatic carbocycles. The van der Waals surface area contributed by atoms with Crippen molar-refractivity contribution in [1.82, 2.24) is 4.98 Å². The Hall–Kier alpha value is -1.54. The lowest BCUT2D eigenvalue weighted by Crippen LogP contribution is -2.22. The molecule has 0 bridgehead atoms. The van der Waals surface area contributed by atoms with Crippen LogP contribution in [0.4, 0.5) is 0 Å². The second kappa shape index (κ2) is 3.74. The van der Waals surface area contributed by atoms with Crippen molar-refractivity contribution < 1.29 is 9.90 Å². The van der Waals surface area contributed by atoms with Crippen LogP contribution in [0.15, 0.2) is 23.4 Å². The molecule has 1 aromatic rings. The number of hydrogen-bond acceptors (Lipinski definition) is 5. The van der Waals surface area contributed by atoms with Gasteiger partial charge in [-0.1, -0.05) is 0 Å². The van der Waals surface area contributed by atoms with Crippen LogP contribution in [0.25, 0.3) is 0 Å². The van der Waals surface area contributed by atoms with Gasteiger partial charge in [0.25, 0.3) is 0 Å². The Morgan fingerprint density at radius 1 is 1.67 bits per heavy atom. The number of carboxylic acids is 1. The van der Waals surface area contributed by atoms with Crippen LogP contribution in [-0.4, -0.2) is 11.0 Å². The Balaban J connectivity index is 2.87. The molecule has 0 aliphatic carbocycles. The summed E-state index contributed by atoms with van der Waals surface area (Å²) in [4.78, 5) is 14.0. The van der Waals surface area contributed by atoms with Gasteiger partial charge < -0.3 is 9.90 Å². The Bertz CT molecular complexity index is 328. The third kappa shape index (κ3) is 1.97. The number of carbonyl (C=O) groups is 1. The number of aromatic carboxylic acids is 1. The molecule has 12 heavy (non-hydrogen) atoms. The lowest BCUT2D eigenvalue weighted by molar-refractivity contribution is -0.255. The van der Waals surface area contributed by atoms with E-state index < -0.39 is 5.97 Å². The van der Waals surface area contributed by atoms with Gasteiger partial charge in [0.05, 0.1) is 5.97 Å². The molecule has 1 aromatic heterocycles. The first-order valence-corrected chi connectivity index (χ1v) is 3.79. The lowest BCUT2D eigenvalue weighted by atomic mass is 10.3. The van der Waals surface area contributed by atoms with Gasteiger partial charge in [-0.05, 0) is 12.1 Å². The summed E-state index contributed by atoms with van der Waals surface area (Å²) in [5.74, 6) is -1.27. The molecule has 5 heteroatoms. The minimum atomic E-state index is -1.27. The van der Waals surface area contributed by atoms with Crippen LogP contribution >= 0.6 is 11.8 Å². The van der Waals surface area contributed by atoms with Gasteiger partial charge in [0.2, 0.25) is 0 Å². The van der Waals surface area contributed by atoms with Crippen LogP contribution in [0.5, 0.6) is 0 Å². The average molecular weight is 179 g/mol. The Morgan fingerprint density at radius 2 is 2.42 bits per heavy atom. The van der Waals surface area contributed by atoms with Crippen LogP contribution in [-0.2, 0) is 0 Å². The van der Waals surface area contributed by atoms with Gasteiger partial charge in [-0.15, -0.1) is 0 Å². The van der Waals surface area contributed by atoms with Gasteiger partial charge in [-0.2, -0.15) is 5.26 Å². The van der Waals surface area contributed by atoms with Crippen molar-refractivity contribution in [2.75, 3.05) is 0 Å². The first-order chi connectivity index (χ1) is 5.74. The van der Waals surface area contributed by atoms with Crippen LogP contribution in [0.2, 0.25) is 0 Å². The molecule has 0 N–H and O–H groups in total. The number of aromatic nitrogens is 1. The zero-order valence-electron chi connectivity index (χ0n) is 5.85. The predicted octanol–water partition coefficient (Wildman–Crippen LogP) is 0.0183. The van der Waals surface area contributed by atoms with E-state index in [0.29, 0.717) is 5.03 Å². The number of carboxylic acid groups (broad SMARTS) is 1. The highest BCUT2D eigenvalue weighted by Crippen LogP contribution is 2.12. The second-order valence-electron chi connectivity index (χ2n) is 1.87. The van der Waals surface area contributed by atoms with Gasteiger partial charge in [-0.25, -0.2) is 4.98 Å². The fourth-order valence-electron chi connectivity index (χ4n) is 0.608. The second-order valence-corrected chi connectivity index (χ2v) is 2.67. The first kappa shape index (κ1) is 8.56. The van der Waals surface area contributed by atoms with Gasteiger partial charge in [0.1, 0.15) is 10.4 Å². The van der Waals surface area contributed by atoms with E-state index in [1.54, 1.807) is 0 Å². The summed E-state index contributed by atoms with van der Waals surface area (Å²) in [6, 6.07) is 2.81. The number of carbonyl (C=O) groups excluding carboxylic acids is 1. The maximum absolute atomic E-state index is 10.2. The number of nitrogens with zero attached hydrogens (tertiary/aromatic N) is 2. The van der Waals surface area contributed by atoms with Crippen LogP contribution in [0, 0.1) is 10.7 Å². The lowest BCUT2D eigenvalue weighted by Gasteiger charge is -2.00. The van der Waals surface area contributed by atoms with E-state index in [9.17, 15) is 9.90 Å². The fourth-order valence-corrected chi connectivity index (χ4v) is 0.943. The van der Waals surface area contributed by atoms with Crippen molar-refractivity contribution >= 4 is 17.7 Å². The Kier molecular flexibility index (Phi) is 2.66. The van der Waals surface area contributed by atoms with Crippen molar-refractivity contribution in [3.8, 4) is 5.40 Å². The highest BCUT2D eigenvalue weighted by Gasteiger charge is 1.95. The molecule has 0 aliphatic rings. The van der Waals surface area contributed by atoms with E-state index in [2.05, 4.69) is 4.98 Å². The minimum Gasteiger partial charge on any atom is -0.545 e. The zero-order valence-corrected chi connectivity index (χ0v) is 6.67. The van der Waals surface area contributed by atoms with E-state index in [1.165, 1.54) is 12.1 Å². The highest BCUT2D eigenvalue weighted by molar-refractivity contribution is 8.03. The topological polar surface area (TPSA) is 76.8 Å². The van der Waals surface area contributed by atoms with Crippen LogP contribution < -0.4 is 5.11 Å². The fraction of sp³-hybridized carbons (Fsp3) is 0. The van der Waals surface area contributed by atoms with E-state index in [4.69, 9.17) is 5.26 Å². The van der Waals surface area contributed by atoms with Gasteiger partial charge >= 0.3 is 0 Å². The predicted molar refractivity (Wildman–Crippen MR) is 40.0 cm³/mol. The van der Waals surface area contributed by atoms with Crippen molar-refractivity contribution in [1.29, 1.82) is 5.26 Å². The van der Waals surface area contributed by atoms with Crippen molar-refractivity contribution in [2.45, 2.75) is 5.03 Å². The monoisotopic (exact) mass is 179 g/mol. The molecule has 0 unspecified atom stereocenters. The molecule has 0 spiro atoms. The third-order valence-electron chi connectivity index (χ3n) is 1.12. The molecule has 1 heterocycles. The van der Waals surface area contributed by atoms with E-state index in [0.717, 1.165) is 18.0 Å². The molecule has 4 nitrogen and oxygen atoms in total. The maximum atomic E-state index is 10.2. The van der Waals surface area contributed by atoms with Crippen LogP contribution in [0.1, 0.15) is 10.4 Å². The normalized spacial score (nSPS) is 8.92. The summed E-state index contributed by atoms with van der Waals surface area (Å²) in [7, 11) is 0. The number of nitriles is 1. The molecule has 60 valence electrons. The number of thioether (sulfide) groups is 1. The summed E-state index contributed by atoms with van der Waals surface area (Å²) < 4.78 is 0. The summed E-state index contributed by atoms with van der Waals surface area (Å²) in [5.41, 5.74) is 0.0114. The molecule has 0 fully saturated rings.